The number of piperidine rings is 1. The molecular formula is C12H16ClN3O2. The van der Waals surface area contributed by atoms with Gasteiger partial charge in [0.15, 0.2) is 0 Å². The molecule has 0 spiro atoms. The summed E-state index contributed by atoms with van der Waals surface area (Å²) in [6.45, 7) is 3.06. The second kappa shape index (κ2) is 5.54. The zero-order valence-electron chi connectivity index (χ0n) is 10.1. The molecule has 2 unspecified atom stereocenters. The molecule has 0 aromatic heterocycles. The number of hydrogen-bond acceptors (Lipinski definition) is 4. The van der Waals surface area contributed by atoms with Crippen molar-refractivity contribution in [2.75, 3.05) is 11.9 Å². The highest BCUT2D eigenvalue weighted by molar-refractivity contribution is 6.33. The van der Waals surface area contributed by atoms with Gasteiger partial charge in [-0.2, -0.15) is 0 Å². The number of nitro groups is 1. The van der Waals surface area contributed by atoms with Crippen LogP contribution in [0.1, 0.15) is 19.8 Å². The molecule has 2 rings (SSSR count). The van der Waals surface area contributed by atoms with Crippen molar-refractivity contribution in [1.82, 2.24) is 5.32 Å². The third-order valence-corrected chi connectivity index (χ3v) is 3.59. The Morgan fingerprint density at radius 3 is 3.00 bits per heavy atom. The lowest BCUT2D eigenvalue weighted by Crippen LogP contribution is -2.46. The topological polar surface area (TPSA) is 67.2 Å². The first-order chi connectivity index (χ1) is 8.59. The van der Waals surface area contributed by atoms with Gasteiger partial charge in [0, 0.05) is 18.2 Å². The number of benzene rings is 1. The number of nitro benzene ring substituents is 1. The molecule has 1 saturated heterocycles. The Bertz CT molecular complexity index is 453. The van der Waals surface area contributed by atoms with Gasteiger partial charge < -0.3 is 10.6 Å². The zero-order chi connectivity index (χ0) is 13.1. The van der Waals surface area contributed by atoms with Gasteiger partial charge in [0.25, 0.3) is 5.69 Å². The molecule has 0 saturated carbocycles. The molecule has 1 aliphatic heterocycles. The van der Waals surface area contributed by atoms with E-state index in [0.717, 1.165) is 19.4 Å². The first-order valence-corrected chi connectivity index (χ1v) is 6.40. The molecule has 0 bridgehead atoms. The van der Waals surface area contributed by atoms with Crippen molar-refractivity contribution in [2.24, 2.45) is 0 Å². The number of para-hydroxylation sites is 1. The number of nitrogens with zero attached hydrogens (tertiary/aromatic N) is 1. The lowest BCUT2D eigenvalue weighted by Gasteiger charge is -2.31. The maximum atomic E-state index is 11.0. The Morgan fingerprint density at radius 1 is 1.56 bits per heavy atom. The molecule has 0 aliphatic carbocycles. The lowest BCUT2D eigenvalue weighted by atomic mass is 9.99. The molecule has 6 heteroatoms. The van der Waals surface area contributed by atoms with Gasteiger partial charge in [0.05, 0.1) is 9.95 Å². The molecule has 98 valence electrons. The molecule has 1 fully saturated rings. The minimum atomic E-state index is -0.408. The monoisotopic (exact) mass is 269 g/mol. The molecule has 1 aromatic rings. The molecule has 5 nitrogen and oxygen atoms in total. The van der Waals surface area contributed by atoms with E-state index in [2.05, 4.69) is 17.6 Å². The molecular weight excluding hydrogens is 254 g/mol. The molecule has 0 radical (unpaired) electrons. The van der Waals surface area contributed by atoms with Crippen LogP contribution in [-0.4, -0.2) is 23.6 Å². The van der Waals surface area contributed by atoms with Gasteiger partial charge in [-0.3, -0.25) is 10.1 Å². The second-order valence-electron chi connectivity index (χ2n) is 4.53. The summed E-state index contributed by atoms with van der Waals surface area (Å²) in [7, 11) is 0. The number of rotatable bonds is 3. The van der Waals surface area contributed by atoms with Gasteiger partial charge in [0.1, 0.15) is 5.69 Å². The second-order valence-corrected chi connectivity index (χ2v) is 4.93. The van der Waals surface area contributed by atoms with Gasteiger partial charge in [-0.05, 0) is 32.4 Å². The summed E-state index contributed by atoms with van der Waals surface area (Å²) in [5, 5.41) is 17.9. The fraction of sp³-hybridized carbons (Fsp3) is 0.500. The van der Waals surface area contributed by atoms with E-state index in [1.165, 1.54) is 6.07 Å². The largest absolute Gasteiger partial charge is 0.374 e. The summed E-state index contributed by atoms with van der Waals surface area (Å²) in [6, 6.07) is 5.16. The summed E-state index contributed by atoms with van der Waals surface area (Å²) >= 11 is 6.05. The normalized spacial score (nSPS) is 23.7. The fourth-order valence-electron chi connectivity index (χ4n) is 2.23. The van der Waals surface area contributed by atoms with Gasteiger partial charge >= 0.3 is 0 Å². The summed E-state index contributed by atoms with van der Waals surface area (Å²) in [4.78, 5) is 10.6. The van der Waals surface area contributed by atoms with Crippen molar-refractivity contribution < 1.29 is 4.92 Å². The quantitative estimate of drug-likeness (QED) is 0.654. The minimum absolute atomic E-state index is 0.0280. The SMILES string of the molecule is CC1NCCCC1Nc1c(Cl)cccc1[N+](=O)[O-]. The van der Waals surface area contributed by atoms with Gasteiger partial charge in [-0.15, -0.1) is 0 Å². The number of anilines is 1. The van der Waals surface area contributed by atoms with Crippen LogP contribution in [0.5, 0.6) is 0 Å². The molecule has 2 atom stereocenters. The van der Waals surface area contributed by atoms with E-state index in [1.807, 2.05) is 0 Å². The average molecular weight is 270 g/mol. The molecule has 0 amide bonds. The Kier molecular flexibility index (Phi) is 4.04. The van der Waals surface area contributed by atoms with Crippen molar-refractivity contribution in [2.45, 2.75) is 31.8 Å². The van der Waals surface area contributed by atoms with Crippen molar-refractivity contribution >= 4 is 23.0 Å². The maximum Gasteiger partial charge on any atom is 0.293 e. The van der Waals surface area contributed by atoms with E-state index in [4.69, 9.17) is 11.6 Å². The number of hydrogen-bond donors (Lipinski definition) is 2. The van der Waals surface area contributed by atoms with Crippen LogP contribution in [0.3, 0.4) is 0 Å². The van der Waals surface area contributed by atoms with Gasteiger partial charge in [-0.25, -0.2) is 0 Å². The highest BCUT2D eigenvalue weighted by atomic mass is 35.5. The molecule has 1 aliphatic rings. The highest BCUT2D eigenvalue weighted by Crippen LogP contribution is 2.33. The predicted molar refractivity (Wildman–Crippen MR) is 72.2 cm³/mol. The molecule has 1 aromatic carbocycles. The first kappa shape index (κ1) is 13.1. The Balaban J connectivity index is 2.24. The van der Waals surface area contributed by atoms with E-state index < -0.39 is 4.92 Å². The third-order valence-electron chi connectivity index (χ3n) is 3.28. The number of nitrogens with one attached hydrogen (secondary N) is 2. The average Bonchev–Trinajstić information content (AvgIpc) is 2.34. The zero-order valence-corrected chi connectivity index (χ0v) is 10.9. The Morgan fingerprint density at radius 2 is 2.33 bits per heavy atom. The Hall–Kier alpha value is -1.33. The molecule has 18 heavy (non-hydrogen) atoms. The summed E-state index contributed by atoms with van der Waals surface area (Å²) < 4.78 is 0. The van der Waals surface area contributed by atoms with Crippen LogP contribution >= 0.6 is 11.6 Å². The first-order valence-electron chi connectivity index (χ1n) is 6.02. The van der Waals surface area contributed by atoms with Crippen molar-refractivity contribution in [3.05, 3.63) is 33.3 Å². The Labute approximate surface area is 111 Å². The van der Waals surface area contributed by atoms with Crippen molar-refractivity contribution in [3.63, 3.8) is 0 Å². The number of halogens is 1. The van der Waals surface area contributed by atoms with Gasteiger partial charge in [-0.1, -0.05) is 17.7 Å². The van der Waals surface area contributed by atoms with E-state index in [0.29, 0.717) is 10.7 Å². The van der Waals surface area contributed by atoms with Crippen LogP contribution in [-0.2, 0) is 0 Å². The highest BCUT2D eigenvalue weighted by Gasteiger charge is 2.25. The summed E-state index contributed by atoms with van der Waals surface area (Å²) in [6.07, 6.45) is 2.04. The van der Waals surface area contributed by atoms with Crippen LogP contribution in [0.2, 0.25) is 5.02 Å². The van der Waals surface area contributed by atoms with E-state index in [9.17, 15) is 10.1 Å². The summed E-state index contributed by atoms with van der Waals surface area (Å²) in [5.41, 5.74) is 0.449. The predicted octanol–water partition coefficient (Wildman–Crippen LogP) is 2.80. The third kappa shape index (κ3) is 2.73. The van der Waals surface area contributed by atoms with Crippen LogP contribution in [0.15, 0.2) is 18.2 Å². The summed E-state index contributed by atoms with van der Waals surface area (Å²) in [5.74, 6) is 0. The minimum Gasteiger partial charge on any atom is -0.374 e. The van der Waals surface area contributed by atoms with Crippen molar-refractivity contribution in [1.29, 1.82) is 0 Å². The molecule has 2 N–H and O–H groups in total. The van der Waals surface area contributed by atoms with Crippen LogP contribution < -0.4 is 10.6 Å². The molecule has 1 heterocycles. The van der Waals surface area contributed by atoms with E-state index in [-0.39, 0.29) is 17.8 Å². The smallest absolute Gasteiger partial charge is 0.293 e. The standard InChI is InChI=1S/C12H16ClN3O2/c1-8-10(5-3-7-14-8)15-12-9(13)4-2-6-11(12)16(17)18/h2,4,6,8,10,14-15H,3,5,7H2,1H3. The fourth-order valence-corrected chi connectivity index (χ4v) is 2.46. The lowest BCUT2D eigenvalue weighted by molar-refractivity contribution is -0.384. The van der Waals surface area contributed by atoms with Crippen LogP contribution in [0.25, 0.3) is 0 Å². The van der Waals surface area contributed by atoms with Gasteiger partial charge in [0.2, 0.25) is 0 Å². The maximum absolute atomic E-state index is 11.0. The van der Waals surface area contributed by atoms with E-state index in [1.54, 1.807) is 12.1 Å². The van der Waals surface area contributed by atoms with Crippen LogP contribution in [0, 0.1) is 10.1 Å². The van der Waals surface area contributed by atoms with Crippen molar-refractivity contribution in [3.8, 4) is 0 Å². The van der Waals surface area contributed by atoms with Crippen LogP contribution in [0.4, 0.5) is 11.4 Å². The van der Waals surface area contributed by atoms with E-state index >= 15 is 0 Å².